The van der Waals surface area contributed by atoms with Gasteiger partial charge in [-0.1, -0.05) is 15.9 Å². The Morgan fingerprint density at radius 1 is 1.24 bits per heavy atom. The summed E-state index contributed by atoms with van der Waals surface area (Å²) in [5.41, 5.74) is 3.88. The van der Waals surface area contributed by atoms with Gasteiger partial charge in [-0.25, -0.2) is 5.43 Å². The number of methoxy groups -OCH3 is 1. The van der Waals surface area contributed by atoms with E-state index in [1.54, 1.807) is 19.2 Å². The molecule has 0 spiro atoms. The van der Waals surface area contributed by atoms with E-state index in [0.29, 0.717) is 17.1 Å². The Hall–Kier alpha value is -1.59. The van der Waals surface area contributed by atoms with Crippen LogP contribution in [0.25, 0.3) is 11.0 Å². The summed E-state index contributed by atoms with van der Waals surface area (Å²) in [5, 5.41) is 4.86. The Labute approximate surface area is 198 Å². The first-order valence-corrected chi connectivity index (χ1v) is 11.2. The number of hydrazone groups is 1. The van der Waals surface area contributed by atoms with Gasteiger partial charge in [0.15, 0.2) is 17.3 Å². The molecule has 0 atom stereocenters. The first kappa shape index (κ1) is 22.1. The lowest BCUT2D eigenvalue weighted by Gasteiger charge is -2.15. The summed E-state index contributed by atoms with van der Waals surface area (Å²) in [5.74, 6) is 0.938. The smallest absolute Gasteiger partial charge is 0.307 e. The second kappa shape index (κ2) is 9.48. The molecule has 0 saturated carbocycles. The number of hydrogen-bond donors (Lipinski definition) is 1. The quantitative estimate of drug-likeness (QED) is 0.201. The summed E-state index contributed by atoms with van der Waals surface area (Å²) < 4.78 is 19.4. The average Bonchev–Trinajstić information content (AvgIpc) is 3.07. The van der Waals surface area contributed by atoms with Crippen LogP contribution in [-0.4, -0.2) is 25.3 Å². The predicted octanol–water partition coefficient (Wildman–Crippen LogP) is 6.12. The van der Waals surface area contributed by atoms with Crippen molar-refractivity contribution >= 4 is 77.5 Å². The number of amides is 1. The van der Waals surface area contributed by atoms with Crippen molar-refractivity contribution in [2.45, 2.75) is 20.0 Å². The molecule has 152 valence electrons. The van der Waals surface area contributed by atoms with Gasteiger partial charge in [-0.15, -0.1) is 0 Å². The van der Waals surface area contributed by atoms with Crippen molar-refractivity contribution in [3.05, 3.63) is 54.2 Å². The van der Waals surface area contributed by atoms with E-state index < -0.39 is 5.91 Å². The number of rotatable bonds is 6. The first-order valence-electron chi connectivity index (χ1n) is 8.54. The third-order valence-electron chi connectivity index (χ3n) is 3.74. The summed E-state index contributed by atoms with van der Waals surface area (Å²) in [6.07, 6.45) is 1.53. The maximum absolute atomic E-state index is 12.4. The van der Waals surface area contributed by atoms with E-state index in [4.69, 9.17) is 13.9 Å². The van der Waals surface area contributed by atoms with E-state index in [2.05, 4.69) is 65.0 Å². The molecule has 1 amide bonds. The van der Waals surface area contributed by atoms with Crippen LogP contribution in [0.4, 0.5) is 0 Å². The van der Waals surface area contributed by atoms with Gasteiger partial charge in [0, 0.05) is 9.86 Å². The van der Waals surface area contributed by atoms with Gasteiger partial charge >= 0.3 is 5.91 Å². The summed E-state index contributed by atoms with van der Waals surface area (Å²) in [6.45, 7) is 3.88. The van der Waals surface area contributed by atoms with Crippen LogP contribution < -0.4 is 14.9 Å². The molecule has 0 bridgehead atoms. The molecular weight excluding hydrogens is 619 g/mol. The molecule has 0 aliphatic rings. The van der Waals surface area contributed by atoms with E-state index in [1.165, 1.54) is 6.21 Å². The highest BCUT2D eigenvalue weighted by atomic mass is 127. The van der Waals surface area contributed by atoms with Crippen LogP contribution in [0.5, 0.6) is 11.5 Å². The molecule has 0 fully saturated rings. The van der Waals surface area contributed by atoms with Crippen molar-refractivity contribution in [2.75, 3.05) is 7.11 Å². The van der Waals surface area contributed by atoms with Crippen molar-refractivity contribution < 1.29 is 18.7 Å². The standard InChI is InChI=1S/C20H17Br2IN2O4/c1-10(2)28-19-14(22)4-11(5-16(19)27-3)9-24-25-20(26)17-7-12-6-13(21)8-15(23)18(12)29-17/h4-10H,1-3H3,(H,25,26)/b24-9-. The van der Waals surface area contributed by atoms with E-state index >= 15 is 0 Å². The first-order chi connectivity index (χ1) is 13.8. The molecular formula is C20H17Br2IN2O4. The normalized spacial score (nSPS) is 11.4. The van der Waals surface area contributed by atoms with Crippen molar-refractivity contribution in [1.82, 2.24) is 5.43 Å². The molecule has 6 nitrogen and oxygen atoms in total. The SMILES string of the molecule is COc1cc(/C=N\NC(=O)c2cc3cc(Br)cc(I)c3o2)cc(Br)c1OC(C)C. The number of fused-ring (bicyclic) bond motifs is 1. The van der Waals surface area contributed by atoms with E-state index in [-0.39, 0.29) is 11.9 Å². The lowest BCUT2D eigenvalue weighted by atomic mass is 10.2. The Morgan fingerprint density at radius 3 is 2.69 bits per heavy atom. The van der Waals surface area contributed by atoms with Gasteiger partial charge in [0.1, 0.15) is 5.58 Å². The highest BCUT2D eigenvalue weighted by Crippen LogP contribution is 2.37. The number of carbonyl (C=O) groups excluding carboxylic acids is 1. The second-order valence-electron chi connectivity index (χ2n) is 6.32. The molecule has 1 heterocycles. The highest BCUT2D eigenvalue weighted by Gasteiger charge is 2.15. The van der Waals surface area contributed by atoms with Gasteiger partial charge in [0.25, 0.3) is 0 Å². The molecule has 1 aromatic heterocycles. The molecule has 3 rings (SSSR count). The minimum Gasteiger partial charge on any atom is -0.493 e. The molecule has 29 heavy (non-hydrogen) atoms. The van der Waals surface area contributed by atoms with Crippen LogP contribution >= 0.6 is 54.5 Å². The summed E-state index contributed by atoms with van der Waals surface area (Å²) in [6, 6.07) is 9.11. The van der Waals surface area contributed by atoms with Crippen molar-refractivity contribution in [3.8, 4) is 11.5 Å². The van der Waals surface area contributed by atoms with Crippen LogP contribution in [0.3, 0.4) is 0 Å². The molecule has 9 heteroatoms. The summed E-state index contributed by atoms with van der Waals surface area (Å²) in [7, 11) is 1.57. The third kappa shape index (κ3) is 5.32. The maximum atomic E-state index is 12.4. The minimum absolute atomic E-state index is 0.00602. The molecule has 0 aliphatic carbocycles. The summed E-state index contributed by atoms with van der Waals surface area (Å²) >= 11 is 9.09. The fourth-order valence-corrected chi connectivity index (χ4v) is 4.79. The molecule has 0 radical (unpaired) electrons. The molecule has 3 aromatic rings. The average molecular weight is 636 g/mol. The number of nitrogens with one attached hydrogen (secondary N) is 1. The molecule has 1 N–H and O–H groups in total. The lowest BCUT2D eigenvalue weighted by molar-refractivity contribution is 0.0929. The predicted molar refractivity (Wildman–Crippen MR) is 128 cm³/mol. The van der Waals surface area contributed by atoms with Crippen molar-refractivity contribution in [2.24, 2.45) is 5.10 Å². The number of carbonyl (C=O) groups is 1. The number of ether oxygens (including phenoxy) is 2. The fraction of sp³-hybridized carbons (Fsp3) is 0.200. The molecule has 0 saturated heterocycles. The molecule has 0 aliphatic heterocycles. The van der Waals surface area contributed by atoms with E-state index in [9.17, 15) is 4.79 Å². The number of halogens is 3. The topological polar surface area (TPSA) is 73.1 Å². The second-order valence-corrected chi connectivity index (χ2v) is 9.25. The Morgan fingerprint density at radius 2 is 2.00 bits per heavy atom. The van der Waals surface area contributed by atoms with Gasteiger partial charge < -0.3 is 13.9 Å². The number of furan rings is 1. The monoisotopic (exact) mass is 634 g/mol. The van der Waals surface area contributed by atoms with Gasteiger partial charge in [-0.05, 0) is 88.3 Å². The van der Waals surface area contributed by atoms with E-state index in [0.717, 1.165) is 23.5 Å². The van der Waals surface area contributed by atoms with Crippen LogP contribution in [0, 0.1) is 3.57 Å². The van der Waals surface area contributed by atoms with Gasteiger partial charge in [0.05, 0.1) is 27.5 Å². The zero-order valence-corrected chi connectivity index (χ0v) is 21.1. The van der Waals surface area contributed by atoms with Crippen molar-refractivity contribution in [1.29, 1.82) is 0 Å². The number of hydrogen-bond acceptors (Lipinski definition) is 5. The Kier molecular flexibility index (Phi) is 7.23. The molecule has 2 aromatic carbocycles. The number of nitrogens with zero attached hydrogens (tertiary/aromatic N) is 1. The minimum atomic E-state index is -0.435. The van der Waals surface area contributed by atoms with E-state index in [1.807, 2.05) is 32.0 Å². The number of benzene rings is 2. The Bertz CT molecular complexity index is 1100. The third-order valence-corrected chi connectivity index (χ3v) is 5.59. The highest BCUT2D eigenvalue weighted by molar-refractivity contribution is 14.1. The molecule has 0 unspecified atom stereocenters. The van der Waals surface area contributed by atoms with Crippen molar-refractivity contribution in [3.63, 3.8) is 0 Å². The van der Waals surface area contributed by atoms with Gasteiger partial charge in [-0.2, -0.15) is 5.10 Å². The zero-order chi connectivity index (χ0) is 21.1. The van der Waals surface area contributed by atoms with Crippen LogP contribution in [0.2, 0.25) is 0 Å². The fourth-order valence-electron chi connectivity index (χ4n) is 2.57. The van der Waals surface area contributed by atoms with Crippen LogP contribution in [0.15, 0.2) is 48.8 Å². The van der Waals surface area contributed by atoms with Gasteiger partial charge in [0.2, 0.25) is 0 Å². The maximum Gasteiger partial charge on any atom is 0.307 e. The zero-order valence-electron chi connectivity index (χ0n) is 15.8. The van der Waals surface area contributed by atoms with Crippen LogP contribution in [-0.2, 0) is 0 Å². The van der Waals surface area contributed by atoms with Crippen LogP contribution in [0.1, 0.15) is 30.0 Å². The summed E-state index contributed by atoms with van der Waals surface area (Å²) in [4.78, 5) is 12.4. The largest absolute Gasteiger partial charge is 0.493 e. The Balaban J connectivity index is 1.76. The van der Waals surface area contributed by atoms with Gasteiger partial charge in [-0.3, -0.25) is 4.79 Å². The lowest BCUT2D eigenvalue weighted by Crippen LogP contribution is -2.16.